The van der Waals surface area contributed by atoms with Gasteiger partial charge in [-0.3, -0.25) is 0 Å². The molecular formula is C21H24N4. The molecule has 3 aromatic rings. The summed E-state index contributed by atoms with van der Waals surface area (Å²) in [6.07, 6.45) is 7.10. The van der Waals surface area contributed by atoms with Crippen molar-refractivity contribution in [2.75, 3.05) is 11.4 Å². The van der Waals surface area contributed by atoms with E-state index in [1.165, 1.54) is 55.4 Å². The Hall–Kier alpha value is -2.10. The van der Waals surface area contributed by atoms with E-state index in [0.29, 0.717) is 6.04 Å². The lowest BCUT2D eigenvalue weighted by atomic mass is 9.68. The third kappa shape index (κ3) is 2.06. The van der Waals surface area contributed by atoms with Crippen molar-refractivity contribution in [1.82, 2.24) is 14.6 Å². The first-order valence-corrected chi connectivity index (χ1v) is 9.76. The molecule has 4 heteroatoms. The quantitative estimate of drug-likeness (QED) is 0.669. The lowest BCUT2D eigenvalue weighted by Crippen LogP contribution is -2.38. The molecule has 0 N–H and O–H groups in total. The zero-order chi connectivity index (χ0) is 16.5. The van der Waals surface area contributed by atoms with Crippen LogP contribution in [0.4, 0.5) is 5.82 Å². The first-order chi connectivity index (χ1) is 12.2. The van der Waals surface area contributed by atoms with Crippen molar-refractivity contribution in [3.05, 3.63) is 36.0 Å². The van der Waals surface area contributed by atoms with Gasteiger partial charge in [0.1, 0.15) is 5.82 Å². The smallest absolute Gasteiger partial charge is 0.158 e. The molecule has 4 nitrogen and oxygen atoms in total. The first-order valence-electron chi connectivity index (χ1n) is 9.76. The molecule has 2 aromatic heterocycles. The molecule has 25 heavy (non-hydrogen) atoms. The van der Waals surface area contributed by atoms with Gasteiger partial charge in [0.2, 0.25) is 0 Å². The van der Waals surface area contributed by atoms with Gasteiger partial charge in [0.25, 0.3) is 0 Å². The van der Waals surface area contributed by atoms with Crippen LogP contribution in [0.5, 0.6) is 0 Å². The maximum Gasteiger partial charge on any atom is 0.158 e. The second-order valence-electron chi connectivity index (χ2n) is 8.59. The molecular weight excluding hydrogens is 308 g/mol. The lowest BCUT2D eigenvalue weighted by molar-refractivity contribution is 0.157. The van der Waals surface area contributed by atoms with E-state index in [0.717, 1.165) is 29.1 Å². The van der Waals surface area contributed by atoms with Crippen LogP contribution < -0.4 is 4.90 Å². The SMILES string of the molecule is Cc1cc2nc(N3CC4CC5CC(C4)CC3C5)c3ccccc3n2n1. The summed E-state index contributed by atoms with van der Waals surface area (Å²) in [6, 6.07) is 11.4. The minimum atomic E-state index is 0.679. The number of benzene rings is 1. The van der Waals surface area contributed by atoms with Gasteiger partial charge >= 0.3 is 0 Å². The standard InChI is InChI=1S/C21H24N4/c1-13-6-20-22-21(18-4-2-3-5-19(18)25(20)23-13)24-12-16-8-14-7-15(9-16)11-17(24)10-14/h2-6,14-17H,7-12H2,1H3. The number of rotatable bonds is 1. The molecule has 2 atom stereocenters. The van der Waals surface area contributed by atoms with Gasteiger partial charge < -0.3 is 4.90 Å². The minimum Gasteiger partial charge on any atom is -0.353 e. The Bertz CT molecular complexity index is 961. The zero-order valence-corrected chi connectivity index (χ0v) is 14.7. The molecule has 7 rings (SSSR count). The highest BCUT2D eigenvalue weighted by Gasteiger charge is 2.43. The van der Waals surface area contributed by atoms with Gasteiger partial charge in [-0.05, 0) is 68.9 Å². The topological polar surface area (TPSA) is 33.4 Å². The van der Waals surface area contributed by atoms with Gasteiger partial charge in [-0.2, -0.15) is 5.10 Å². The van der Waals surface area contributed by atoms with Gasteiger partial charge in [0.15, 0.2) is 5.65 Å². The summed E-state index contributed by atoms with van der Waals surface area (Å²) in [6.45, 7) is 3.24. The van der Waals surface area contributed by atoms with Crippen LogP contribution in [0.15, 0.2) is 30.3 Å². The Morgan fingerprint density at radius 2 is 1.72 bits per heavy atom. The van der Waals surface area contributed by atoms with Gasteiger partial charge in [-0.25, -0.2) is 9.50 Å². The summed E-state index contributed by atoms with van der Waals surface area (Å²) >= 11 is 0. The molecule has 2 aliphatic carbocycles. The number of aryl methyl sites for hydroxylation is 1. The van der Waals surface area contributed by atoms with Crippen molar-refractivity contribution >= 4 is 22.4 Å². The van der Waals surface area contributed by atoms with E-state index in [-0.39, 0.29) is 0 Å². The van der Waals surface area contributed by atoms with Crippen molar-refractivity contribution in [3.63, 3.8) is 0 Å². The highest BCUT2D eigenvalue weighted by atomic mass is 15.3. The van der Waals surface area contributed by atoms with Crippen LogP contribution in [0.3, 0.4) is 0 Å². The molecule has 2 unspecified atom stereocenters. The maximum absolute atomic E-state index is 5.12. The minimum absolute atomic E-state index is 0.679. The number of hydrogen-bond acceptors (Lipinski definition) is 3. The molecule has 4 heterocycles. The fraction of sp³-hybridized carbons (Fsp3) is 0.524. The van der Waals surface area contributed by atoms with E-state index in [1.807, 2.05) is 4.52 Å². The second kappa shape index (κ2) is 4.96. The van der Waals surface area contributed by atoms with Crippen molar-refractivity contribution in [2.24, 2.45) is 17.8 Å². The first kappa shape index (κ1) is 14.1. The maximum atomic E-state index is 5.12. The highest BCUT2D eigenvalue weighted by Crippen LogP contribution is 2.48. The molecule has 128 valence electrons. The van der Waals surface area contributed by atoms with Gasteiger partial charge in [-0.15, -0.1) is 0 Å². The molecule has 4 fully saturated rings. The fourth-order valence-corrected chi connectivity index (χ4v) is 6.02. The third-order valence-corrected chi connectivity index (χ3v) is 6.78. The average molecular weight is 332 g/mol. The van der Waals surface area contributed by atoms with E-state index < -0.39 is 0 Å². The van der Waals surface area contributed by atoms with E-state index in [1.54, 1.807) is 0 Å². The van der Waals surface area contributed by atoms with Crippen LogP contribution in [-0.4, -0.2) is 27.2 Å². The Balaban J connectivity index is 1.58. The monoisotopic (exact) mass is 332 g/mol. The Morgan fingerprint density at radius 1 is 0.960 bits per heavy atom. The van der Waals surface area contributed by atoms with Crippen molar-refractivity contribution < 1.29 is 0 Å². The number of fused-ring (bicyclic) bond motifs is 4. The summed E-state index contributed by atoms with van der Waals surface area (Å²) in [4.78, 5) is 7.79. The number of anilines is 1. The Kier molecular flexibility index (Phi) is 2.80. The predicted molar refractivity (Wildman–Crippen MR) is 99.9 cm³/mol. The second-order valence-corrected chi connectivity index (χ2v) is 8.59. The third-order valence-electron chi connectivity index (χ3n) is 6.78. The molecule has 2 aliphatic heterocycles. The Labute approximate surface area is 147 Å². The molecule has 2 saturated carbocycles. The molecule has 0 spiro atoms. The summed E-state index contributed by atoms with van der Waals surface area (Å²) in [5.41, 5.74) is 3.19. The zero-order valence-electron chi connectivity index (χ0n) is 14.7. The van der Waals surface area contributed by atoms with Crippen LogP contribution in [0.2, 0.25) is 0 Å². The van der Waals surface area contributed by atoms with E-state index in [2.05, 4.69) is 47.3 Å². The molecule has 1 aromatic carbocycles. The van der Waals surface area contributed by atoms with E-state index >= 15 is 0 Å². The molecule has 0 radical (unpaired) electrons. The molecule has 4 aliphatic rings. The van der Waals surface area contributed by atoms with Crippen molar-refractivity contribution in [2.45, 2.75) is 45.1 Å². The number of aromatic nitrogens is 3. The summed E-state index contributed by atoms with van der Waals surface area (Å²) < 4.78 is 2.01. The van der Waals surface area contributed by atoms with Crippen molar-refractivity contribution in [3.8, 4) is 0 Å². The van der Waals surface area contributed by atoms with E-state index in [4.69, 9.17) is 4.98 Å². The van der Waals surface area contributed by atoms with Crippen LogP contribution in [0, 0.1) is 24.7 Å². The number of nitrogens with zero attached hydrogens (tertiary/aromatic N) is 4. The van der Waals surface area contributed by atoms with Crippen molar-refractivity contribution in [1.29, 1.82) is 0 Å². The van der Waals surface area contributed by atoms with Crippen LogP contribution in [0.1, 0.15) is 37.8 Å². The highest BCUT2D eigenvalue weighted by molar-refractivity contribution is 5.92. The molecule has 0 amide bonds. The summed E-state index contributed by atoms with van der Waals surface area (Å²) in [5, 5.41) is 5.92. The van der Waals surface area contributed by atoms with Gasteiger partial charge in [0, 0.05) is 24.0 Å². The largest absolute Gasteiger partial charge is 0.353 e. The average Bonchev–Trinajstić information content (AvgIpc) is 2.87. The fourth-order valence-electron chi connectivity index (χ4n) is 6.02. The van der Waals surface area contributed by atoms with Crippen LogP contribution in [-0.2, 0) is 0 Å². The lowest BCUT2D eigenvalue weighted by Gasteiger charge is -2.39. The Morgan fingerprint density at radius 3 is 2.56 bits per heavy atom. The predicted octanol–water partition coefficient (Wildman–Crippen LogP) is 4.21. The summed E-state index contributed by atoms with van der Waals surface area (Å²) in [5.74, 6) is 3.97. The molecule has 4 bridgehead atoms. The van der Waals surface area contributed by atoms with E-state index in [9.17, 15) is 0 Å². The normalized spacial score (nSPS) is 31.2. The van der Waals surface area contributed by atoms with Crippen LogP contribution in [0.25, 0.3) is 16.6 Å². The van der Waals surface area contributed by atoms with Crippen LogP contribution >= 0.6 is 0 Å². The number of para-hydroxylation sites is 1. The number of hydrogen-bond donors (Lipinski definition) is 0. The summed E-state index contributed by atoms with van der Waals surface area (Å²) in [7, 11) is 0. The van der Waals surface area contributed by atoms with Gasteiger partial charge in [-0.1, -0.05) is 12.1 Å². The van der Waals surface area contributed by atoms with Gasteiger partial charge in [0.05, 0.1) is 11.2 Å². The molecule has 2 saturated heterocycles.